The minimum absolute atomic E-state index is 0.0204. The Bertz CT molecular complexity index is 553. The summed E-state index contributed by atoms with van der Waals surface area (Å²) in [5, 5.41) is 3.30. The van der Waals surface area contributed by atoms with Crippen molar-refractivity contribution in [3.8, 4) is 0 Å². The van der Waals surface area contributed by atoms with Crippen LogP contribution in [0, 0.1) is 11.8 Å². The maximum atomic E-state index is 13.0. The van der Waals surface area contributed by atoms with Gasteiger partial charge in [0.1, 0.15) is 0 Å². The van der Waals surface area contributed by atoms with E-state index in [0.717, 1.165) is 32.0 Å². The molecule has 1 saturated heterocycles. The third-order valence-electron chi connectivity index (χ3n) is 4.84. The third-order valence-corrected chi connectivity index (χ3v) is 4.84. The van der Waals surface area contributed by atoms with Crippen molar-refractivity contribution >= 4 is 5.91 Å². The van der Waals surface area contributed by atoms with Crippen molar-refractivity contribution in [3.05, 3.63) is 35.4 Å². The predicted octanol–water partition coefficient (Wildman–Crippen LogP) is 3.69. The number of carbonyl (C=O) groups excluding carboxylic acids is 1. The fourth-order valence-corrected chi connectivity index (χ4v) is 3.29. The summed E-state index contributed by atoms with van der Waals surface area (Å²) in [4.78, 5) is 13.8. The van der Waals surface area contributed by atoms with Crippen LogP contribution in [0.25, 0.3) is 0 Å². The second-order valence-corrected chi connectivity index (χ2v) is 6.67. The summed E-state index contributed by atoms with van der Waals surface area (Å²) in [5.41, 5.74) is -0.536. The molecule has 24 heavy (non-hydrogen) atoms. The highest BCUT2D eigenvalue weighted by atomic mass is 19.4. The molecule has 1 N–H and O–H groups in total. The predicted molar refractivity (Wildman–Crippen MR) is 87.3 cm³/mol. The van der Waals surface area contributed by atoms with Crippen LogP contribution < -0.4 is 5.32 Å². The molecule has 1 heterocycles. The molecule has 0 radical (unpaired) electrons. The number of halogens is 3. The van der Waals surface area contributed by atoms with Gasteiger partial charge >= 0.3 is 6.18 Å². The first-order valence-corrected chi connectivity index (χ1v) is 8.39. The summed E-state index contributed by atoms with van der Waals surface area (Å²) in [5.74, 6) is 0.656. The molecule has 1 amide bonds. The zero-order valence-corrected chi connectivity index (χ0v) is 14.2. The molecule has 134 valence electrons. The molecule has 1 atom stereocenters. The lowest BCUT2D eigenvalue weighted by Gasteiger charge is -2.29. The topological polar surface area (TPSA) is 32.3 Å². The summed E-state index contributed by atoms with van der Waals surface area (Å²) >= 11 is 0. The fraction of sp³-hybridized carbons (Fsp3) is 0.611. The van der Waals surface area contributed by atoms with Gasteiger partial charge in [0, 0.05) is 20.0 Å². The number of rotatable bonds is 5. The minimum Gasteiger partial charge on any atom is -0.341 e. The Morgan fingerprint density at radius 3 is 2.54 bits per heavy atom. The van der Waals surface area contributed by atoms with Crippen LogP contribution in [0.2, 0.25) is 0 Å². The zero-order valence-electron chi connectivity index (χ0n) is 14.2. The Balaban J connectivity index is 1.97. The Labute approximate surface area is 141 Å². The molecule has 3 nitrogen and oxygen atoms in total. The van der Waals surface area contributed by atoms with Crippen molar-refractivity contribution in [1.29, 1.82) is 0 Å². The Kier molecular flexibility index (Phi) is 6.27. The number of nitrogens with one attached hydrogen (secondary N) is 1. The molecule has 1 aromatic rings. The molecule has 1 fully saturated rings. The van der Waals surface area contributed by atoms with E-state index in [1.165, 1.54) is 17.0 Å². The number of piperidine rings is 1. The van der Waals surface area contributed by atoms with Crippen LogP contribution >= 0.6 is 0 Å². The normalized spacial score (nSPS) is 17.5. The summed E-state index contributed by atoms with van der Waals surface area (Å²) < 4.78 is 39.1. The molecular weight excluding hydrogens is 317 g/mol. The lowest BCUT2D eigenvalue weighted by molar-refractivity contribution is -0.139. The van der Waals surface area contributed by atoms with Crippen LogP contribution in [0.5, 0.6) is 0 Å². The van der Waals surface area contributed by atoms with Crippen molar-refractivity contribution in [2.45, 2.75) is 38.9 Å². The number of amides is 1. The standard InChI is InChI=1S/C18H25F3N2O/c1-13(14-7-9-22-10-8-14)11-17(24)23(2)12-15-5-3-4-6-16(15)18(19,20)21/h3-6,13-14,22H,7-12H2,1-2H3. The van der Waals surface area contributed by atoms with Gasteiger partial charge < -0.3 is 10.2 Å². The number of carbonyl (C=O) groups is 1. The molecule has 6 heteroatoms. The molecular formula is C18H25F3N2O. The lowest BCUT2D eigenvalue weighted by Crippen LogP contribution is -2.34. The van der Waals surface area contributed by atoms with Gasteiger partial charge in [-0.15, -0.1) is 0 Å². The number of alkyl halides is 3. The van der Waals surface area contributed by atoms with E-state index in [0.29, 0.717) is 12.3 Å². The second kappa shape index (κ2) is 8.01. The first kappa shape index (κ1) is 18.8. The molecule has 1 aliphatic heterocycles. The van der Waals surface area contributed by atoms with Crippen LogP contribution in [0.4, 0.5) is 13.2 Å². The van der Waals surface area contributed by atoms with E-state index >= 15 is 0 Å². The maximum Gasteiger partial charge on any atom is 0.416 e. The summed E-state index contributed by atoms with van der Waals surface area (Å²) in [6, 6.07) is 5.43. The molecule has 1 aliphatic rings. The van der Waals surface area contributed by atoms with E-state index in [9.17, 15) is 18.0 Å². The average molecular weight is 342 g/mol. The third kappa shape index (κ3) is 4.97. The Morgan fingerprint density at radius 2 is 1.92 bits per heavy atom. The highest BCUT2D eigenvalue weighted by molar-refractivity contribution is 5.76. The van der Waals surface area contributed by atoms with Crippen LogP contribution in [-0.4, -0.2) is 30.9 Å². The highest BCUT2D eigenvalue weighted by Crippen LogP contribution is 2.32. The van der Waals surface area contributed by atoms with Gasteiger partial charge in [-0.3, -0.25) is 4.79 Å². The highest BCUT2D eigenvalue weighted by Gasteiger charge is 2.33. The largest absolute Gasteiger partial charge is 0.416 e. The van der Waals surface area contributed by atoms with E-state index in [-0.39, 0.29) is 23.9 Å². The number of hydrogen-bond acceptors (Lipinski definition) is 2. The zero-order chi connectivity index (χ0) is 17.7. The number of nitrogens with zero attached hydrogens (tertiary/aromatic N) is 1. The molecule has 0 aromatic heterocycles. The van der Waals surface area contributed by atoms with Crippen molar-refractivity contribution in [2.24, 2.45) is 11.8 Å². The van der Waals surface area contributed by atoms with Gasteiger partial charge in [-0.1, -0.05) is 25.1 Å². The van der Waals surface area contributed by atoms with Gasteiger partial charge in [-0.05, 0) is 49.4 Å². The monoisotopic (exact) mass is 342 g/mol. The second-order valence-electron chi connectivity index (χ2n) is 6.67. The van der Waals surface area contributed by atoms with Crippen molar-refractivity contribution in [1.82, 2.24) is 10.2 Å². The molecule has 0 spiro atoms. The van der Waals surface area contributed by atoms with E-state index in [4.69, 9.17) is 0 Å². The molecule has 0 saturated carbocycles. The SMILES string of the molecule is CC(CC(=O)N(C)Cc1ccccc1C(F)(F)F)C1CCNCC1. The van der Waals surface area contributed by atoms with Crippen LogP contribution in [-0.2, 0) is 17.5 Å². The van der Waals surface area contributed by atoms with Crippen LogP contribution in [0.1, 0.15) is 37.3 Å². The maximum absolute atomic E-state index is 13.0. The molecule has 0 bridgehead atoms. The Morgan fingerprint density at radius 1 is 1.29 bits per heavy atom. The van der Waals surface area contributed by atoms with Gasteiger partial charge in [-0.25, -0.2) is 0 Å². The molecule has 2 rings (SSSR count). The van der Waals surface area contributed by atoms with E-state index < -0.39 is 11.7 Å². The first-order chi connectivity index (χ1) is 11.3. The van der Waals surface area contributed by atoms with E-state index in [2.05, 4.69) is 12.2 Å². The lowest BCUT2D eigenvalue weighted by atomic mass is 9.84. The quantitative estimate of drug-likeness (QED) is 0.885. The number of benzene rings is 1. The van der Waals surface area contributed by atoms with Crippen LogP contribution in [0.3, 0.4) is 0 Å². The summed E-state index contributed by atoms with van der Waals surface area (Å²) in [7, 11) is 1.57. The van der Waals surface area contributed by atoms with Gasteiger partial charge in [0.2, 0.25) is 5.91 Å². The van der Waals surface area contributed by atoms with Crippen molar-refractivity contribution < 1.29 is 18.0 Å². The average Bonchev–Trinajstić information content (AvgIpc) is 2.55. The van der Waals surface area contributed by atoms with E-state index in [1.54, 1.807) is 13.1 Å². The van der Waals surface area contributed by atoms with Gasteiger partial charge in [0.25, 0.3) is 0 Å². The molecule has 1 aromatic carbocycles. The smallest absolute Gasteiger partial charge is 0.341 e. The van der Waals surface area contributed by atoms with Crippen molar-refractivity contribution in [3.63, 3.8) is 0 Å². The van der Waals surface area contributed by atoms with Crippen LogP contribution in [0.15, 0.2) is 24.3 Å². The van der Waals surface area contributed by atoms with E-state index in [1.807, 2.05) is 0 Å². The fourth-order valence-electron chi connectivity index (χ4n) is 3.29. The van der Waals surface area contributed by atoms with Crippen molar-refractivity contribution in [2.75, 3.05) is 20.1 Å². The van der Waals surface area contributed by atoms with Gasteiger partial charge in [-0.2, -0.15) is 13.2 Å². The Hall–Kier alpha value is -1.56. The van der Waals surface area contributed by atoms with Gasteiger partial charge in [0.15, 0.2) is 0 Å². The van der Waals surface area contributed by atoms with Gasteiger partial charge in [0.05, 0.1) is 5.56 Å². The minimum atomic E-state index is -4.40. The summed E-state index contributed by atoms with van der Waals surface area (Å²) in [6.45, 7) is 3.98. The molecule has 0 aliphatic carbocycles. The molecule has 1 unspecified atom stereocenters. The summed E-state index contributed by atoms with van der Waals surface area (Å²) in [6.07, 6.45) is -1.91. The first-order valence-electron chi connectivity index (χ1n) is 8.39. The number of hydrogen-bond donors (Lipinski definition) is 1.